The molecule has 0 bridgehead atoms. The lowest BCUT2D eigenvalue weighted by Gasteiger charge is -2.17. The molecule has 27 heavy (non-hydrogen) atoms. The van der Waals surface area contributed by atoms with E-state index in [4.69, 9.17) is 0 Å². The standard InChI is InChI=1S/C17H18F3N7/c1-11(13-10-27(25-24-13)12-7-5-4-6-8-12)21-16-22-14(17(18,19)20)9-15(23-16)26(2)3/h4-11H,1-3H3,(H,21,22,23). The summed E-state index contributed by atoms with van der Waals surface area (Å²) in [6.45, 7) is 1.75. The molecule has 142 valence electrons. The maximum atomic E-state index is 13.1. The summed E-state index contributed by atoms with van der Waals surface area (Å²) in [6, 6.07) is 9.84. The van der Waals surface area contributed by atoms with Crippen LogP contribution in [0.1, 0.15) is 24.4 Å². The summed E-state index contributed by atoms with van der Waals surface area (Å²) in [7, 11) is 3.22. The first-order valence-electron chi connectivity index (χ1n) is 8.12. The van der Waals surface area contributed by atoms with E-state index in [0.717, 1.165) is 11.8 Å². The lowest BCUT2D eigenvalue weighted by atomic mass is 10.2. The predicted molar refractivity (Wildman–Crippen MR) is 94.8 cm³/mol. The van der Waals surface area contributed by atoms with Gasteiger partial charge < -0.3 is 10.2 Å². The smallest absolute Gasteiger partial charge is 0.363 e. The Morgan fingerprint density at radius 2 is 1.81 bits per heavy atom. The van der Waals surface area contributed by atoms with Crippen LogP contribution >= 0.6 is 0 Å². The normalized spacial score (nSPS) is 12.7. The maximum Gasteiger partial charge on any atom is 0.433 e. The summed E-state index contributed by atoms with van der Waals surface area (Å²) in [6.07, 6.45) is -2.86. The van der Waals surface area contributed by atoms with Crippen molar-refractivity contribution < 1.29 is 13.2 Å². The van der Waals surface area contributed by atoms with Gasteiger partial charge in [0.05, 0.1) is 17.9 Å². The van der Waals surface area contributed by atoms with Crippen LogP contribution in [0.2, 0.25) is 0 Å². The molecule has 0 spiro atoms. The first-order valence-corrected chi connectivity index (χ1v) is 8.12. The minimum Gasteiger partial charge on any atom is -0.363 e. The van der Waals surface area contributed by atoms with Crippen LogP contribution in [0.4, 0.5) is 24.9 Å². The van der Waals surface area contributed by atoms with Gasteiger partial charge in [-0.25, -0.2) is 9.67 Å². The molecule has 7 nitrogen and oxygen atoms in total. The van der Waals surface area contributed by atoms with Gasteiger partial charge in [0, 0.05) is 20.2 Å². The van der Waals surface area contributed by atoms with E-state index in [-0.39, 0.29) is 11.8 Å². The van der Waals surface area contributed by atoms with E-state index in [2.05, 4.69) is 25.6 Å². The molecule has 0 aliphatic heterocycles. The molecular formula is C17H18F3N7. The molecule has 0 fully saturated rings. The highest BCUT2D eigenvalue weighted by atomic mass is 19.4. The second-order valence-electron chi connectivity index (χ2n) is 6.12. The minimum absolute atomic E-state index is 0.129. The van der Waals surface area contributed by atoms with E-state index >= 15 is 0 Å². The lowest BCUT2D eigenvalue weighted by Crippen LogP contribution is -2.18. The molecule has 0 aliphatic carbocycles. The van der Waals surface area contributed by atoms with Crippen molar-refractivity contribution >= 4 is 11.8 Å². The average Bonchev–Trinajstić information content (AvgIpc) is 3.12. The largest absolute Gasteiger partial charge is 0.433 e. The Labute approximate surface area is 153 Å². The fourth-order valence-corrected chi connectivity index (χ4v) is 2.32. The number of nitrogens with one attached hydrogen (secondary N) is 1. The van der Waals surface area contributed by atoms with Crippen LogP contribution in [0.25, 0.3) is 5.69 Å². The Morgan fingerprint density at radius 1 is 1.11 bits per heavy atom. The first-order chi connectivity index (χ1) is 12.7. The number of hydrogen-bond acceptors (Lipinski definition) is 6. The van der Waals surface area contributed by atoms with Crippen LogP contribution in [0.3, 0.4) is 0 Å². The fourth-order valence-electron chi connectivity index (χ4n) is 2.32. The first kappa shape index (κ1) is 18.6. The molecule has 3 rings (SSSR count). The summed E-state index contributed by atoms with van der Waals surface area (Å²) in [5.41, 5.74) is 0.365. The van der Waals surface area contributed by atoms with Crippen molar-refractivity contribution in [3.8, 4) is 5.69 Å². The molecule has 0 aliphatic rings. The SMILES string of the molecule is CC(Nc1nc(N(C)C)cc(C(F)(F)F)n1)c1cn(-c2ccccc2)nn1. The number of benzene rings is 1. The molecule has 0 saturated heterocycles. The van der Waals surface area contributed by atoms with Gasteiger partial charge in [0.25, 0.3) is 0 Å². The van der Waals surface area contributed by atoms with E-state index in [1.165, 1.54) is 4.90 Å². The highest BCUT2D eigenvalue weighted by Crippen LogP contribution is 2.30. The number of nitrogens with zero attached hydrogens (tertiary/aromatic N) is 6. The van der Waals surface area contributed by atoms with E-state index in [9.17, 15) is 13.2 Å². The summed E-state index contributed by atoms with van der Waals surface area (Å²) in [4.78, 5) is 9.20. The van der Waals surface area contributed by atoms with Crippen LogP contribution in [-0.4, -0.2) is 39.1 Å². The highest BCUT2D eigenvalue weighted by molar-refractivity contribution is 5.45. The van der Waals surface area contributed by atoms with E-state index in [1.54, 1.807) is 31.9 Å². The Hall–Kier alpha value is -3.17. The van der Waals surface area contributed by atoms with Gasteiger partial charge in [-0.05, 0) is 19.1 Å². The fraction of sp³-hybridized carbons (Fsp3) is 0.294. The lowest BCUT2D eigenvalue weighted by molar-refractivity contribution is -0.141. The molecule has 1 aromatic carbocycles. The van der Waals surface area contributed by atoms with Crippen LogP contribution in [0, 0.1) is 0 Å². The Bertz CT molecular complexity index is 906. The Balaban J connectivity index is 1.84. The van der Waals surface area contributed by atoms with E-state index in [1.807, 2.05) is 30.3 Å². The van der Waals surface area contributed by atoms with Crippen LogP contribution < -0.4 is 10.2 Å². The molecule has 2 aromatic heterocycles. The zero-order valence-corrected chi connectivity index (χ0v) is 14.9. The molecule has 1 unspecified atom stereocenters. The number of halogens is 3. The quantitative estimate of drug-likeness (QED) is 0.736. The van der Waals surface area contributed by atoms with Crippen molar-refractivity contribution in [1.82, 2.24) is 25.0 Å². The van der Waals surface area contributed by atoms with Crippen molar-refractivity contribution in [2.24, 2.45) is 0 Å². The highest BCUT2D eigenvalue weighted by Gasteiger charge is 2.34. The maximum absolute atomic E-state index is 13.1. The third-order valence-corrected chi connectivity index (χ3v) is 3.78. The summed E-state index contributed by atoms with van der Waals surface area (Å²) >= 11 is 0. The molecule has 2 heterocycles. The molecule has 3 aromatic rings. The second-order valence-corrected chi connectivity index (χ2v) is 6.12. The molecule has 0 saturated carbocycles. The van der Waals surface area contributed by atoms with Crippen LogP contribution in [0.15, 0.2) is 42.6 Å². The monoisotopic (exact) mass is 377 g/mol. The number of hydrogen-bond donors (Lipinski definition) is 1. The minimum atomic E-state index is -4.57. The van der Waals surface area contributed by atoms with Gasteiger partial charge in [0.1, 0.15) is 11.5 Å². The third-order valence-electron chi connectivity index (χ3n) is 3.78. The zero-order valence-electron chi connectivity index (χ0n) is 14.9. The van der Waals surface area contributed by atoms with Crippen LogP contribution in [-0.2, 0) is 6.18 Å². The van der Waals surface area contributed by atoms with E-state index in [0.29, 0.717) is 5.69 Å². The number of para-hydroxylation sites is 1. The topological polar surface area (TPSA) is 71.8 Å². The van der Waals surface area contributed by atoms with Crippen molar-refractivity contribution in [2.75, 3.05) is 24.3 Å². The second kappa shape index (κ2) is 7.22. The number of alkyl halides is 3. The average molecular weight is 377 g/mol. The van der Waals surface area contributed by atoms with Crippen molar-refractivity contribution in [1.29, 1.82) is 0 Å². The van der Waals surface area contributed by atoms with Gasteiger partial charge in [-0.3, -0.25) is 0 Å². The molecular weight excluding hydrogens is 359 g/mol. The Morgan fingerprint density at radius 3 is 2.44 bits per heavy atom. The molecule has 10 heteroatoms. The predicted octanol–water partition coefficient (Wildman–Crippen LogP) is 3.32. The van der Waals surface area contributed by atoms with Crippen LogP contribution in [0.5, 0.6) is 0 Å². The van der Waals surface area contributed by atoms with Crippen molar-refractivity contribution in [3.63, 3.8) is 0 Å². The van der Waals surface area contributed by atoms with Gasteiger partial charge >= 0.3 is 6.18 Å². The number of aromatic nitrogens is 5. The number of anilines is 2. The summed E-state index contributed by atoms with van der Waals surface area (Å²) in [5, 5.41) is 11.0. The zero-order chi connectivity index (χ0) is 19.6. The van der Waals surface area contributed by atoms with Gasteiger partial charge in [0.2, 0.25) is 5.95 Å². The summed E-state index contributed by atoms with van der Waals surface area (Å²) < 4.78 is 40.9. The summed E-state index contributed by atoms with van der Waals surface area (Å²) in [5.74, 6) is 0.0234. The molecule has 1 atom stereocenters. The van der Waals surface area contributed by atoms with E-state index < -0.39 is 17.9 Å². The third kappa shape index (κ3) is 4.33. The van der Waals surface area contributed by atoms with Crippen molar-refractivity contribution in [3.05, 3.63) is 54.0 Å². The van der Waals surface area contributed by atoms with Gasteiger partial charge in [-0.1, -0.05) is 23.4 Å². The van der Waals surface area contributed by atoms with Crippen molar-refractivity contribution in [2.45, 2.75) is 19.1 Å². The molecule has 0 radical (unpaired) electrons. The van der Waals surface area contributed by atoms with Gasteiger partial charge in [0.15, 0.2) is 5.69 Å². The molecule has 0 amide bonds. The number of rotatable bonds is 5. The van der Waals surface area contributed by atoms with Gasteiger partial charge in [-0.15, -0.1) is 5.10 Å². The molecule has 1 N–H and O–H groups in total. The Kier molecular flexibility index (Phi) is 4.98. The van der Waals surface area contributed by atoms with Gasteiger partial charge in [-0.2, -0.15) is 18.2 Å².